The second kappa shape index (κ2) is 6.85. The van der Waals surface area contributed by atoms with E-state index >= 15 is 0 Å². The number of ether oxygens (including phenoxy) is 1. The van der Waals surface area contributed by atoms with Crippen LogP contribution in [0.2, 0.25) is 0 Å². The van der Waals surface area contributed by atoms with Gasteiger partial charge in [0.1, 0.15) is 5.75 Å². The van der Waals surface area contributed by atoms with Crippen molar-refractivity contribution >= 4 is 22.6 Å². The second-order valence-electron chi connectivity index (χ2n) is 5.11. The van der Waals surface area contributed by atoms with Crippen molar-refractivity contribution in [2.75, 3.05) is 17.7 Å². The van der Waals surface area contributed by atoms with Gasteiger partial charge < -0.3 is 10.1 Å². The molecule has 1 N–H and O–H groups in total. The molecule has 0 spiro atoms. The molecule has 1 atom stereocenters. The molecule has 1 aliphatic rings. The zero-order chi connectivity index (χ0) is 13.7. The minimum atomic E-state index is 0.461. The lowest BCUT2D eigenvalue weighted by Gasteiger charge is -2.08. The highest BCUT2D eigenvalue weighted by Gasteiger charge is 2.19. The van der Waals surface area contributed by atoms with Gasteiger partial charge in [-0.1, -0.05) is 31.7 Å². The van der Waals surface area contributed by atoms with Gasteiger partial charge in [0.15, 0.2) is 5.17 Å². The van der Waals surface area contributed by atoms with Gasteiger partial charge in [-0.15, -0.1) is 0 Å². The van der Waals surface area contributed by atoms with E-state index in [-0.39, 0.29) is 0 Å². The fourth-order valence-electron chi connectivity index (χ4n) is 2.10. The molecule has 0 saturated carbocycles. The van der Waals surface area contributed by atoms with E-state index in [0.29, 0.717) is 18.6 Å². The Hall–Kier alpha value is -1.16. The van der Waals surface area contributed by atoms with Crippen LogP contribution in [0.4, 0.5) is 5.69 Å². The first-order valence-electron chi connectivity index (χ1n) is 6.88. The molecule has 0 aliphatic carbocycles. The average molecular weight is 278 g/mol. The number of nitrogens with zero attached hydrogens (tertiary/aromatic N) is 1. The van der Waals surface area contributed by atoms with Gasteiger partial charge in [0.25, 0.3) is 0 Å². The molecule has 1 aromatic carbocycles. The molecule has 0 bridgehead atoms. The molecule has 0 aromatic heterocycles. The average Bonchev–Trinajstić information content (AvgIpc) is 2.76. The summed E-state index contributed by atoms with van der Waals surface area (Å²) in [5.41, 5.74) is 1.04. The van der Waals surface area contributed by atoms with Crippen LogP contribution in [0, 0.1) is 5.92 Å². The van der Waals surface area contributed by atoms with E-state index < -0.39 is 0 Å². The molecule has 3 nitrogen and oxygen atoms in total. The number of aliphatic imine (C=N–C) groups is 1. The van der Waals surface area contributed by atoms with Crippen LogP contribution >= 0.6 is 11.8 Å². The number of anilines is 1. The third kappa shape index (κ3) is 4.46. The van der Waals surface area contributed by atoms with Crippen LogP contribution in [-0.4, -0.2) is 23.6 Å². The van der Waals surface area contributed by atoms with Crippen LogP contribution in [0.15, 0.2) is 29.3 Å². The van der Waals surface area contributed by atoms with E-state index in [4.69, 9.17) is 9.73 Å². The van der Waals surface area contributed by atoms with Crippen molar-refractivity contribution in [3.8, 4) is 5.75 Å². The normalized spacial score (nSPS) is 18.5. The maximum absolute atomic E-state index is 5.50. The lowest BCUT2D eigenvalue weighted by atomic mass is 10.1. The van der Waals surface area contributed by atoms with E-state index in [1.807, 2.05) is 31.2 Å². The largest absolute Gasteiger partial charge is 0.494 e. The van der Waals surface area contributed by atoms with Gasteiger partial charge in [-0.3, -0.25) is 4.99 Å². The second-order valence-corrected chi connectivity index (χ2v) is 6.12. The quantitative estimate of drug-likeness (QED) is 0.883. The third-order valence-corrected chi connectivity index (χ3v) is 3.88. The van der Waals surface area contributed by atoms with E-state index in [0.717, 1.165) is 28.8 Å². The van der Waals surface area contributed by atoms with Crippen molar-refractivity contribution < 1.29 is 4.74 Å². The van der Waals surface area contributed by atoms with Crippen LogP contribution in [-0.2, 0) is 0 Å². The molecule has 1 aromatic rings. The van der Waals surface area contributed by atoms with Crippen molar-refractivity contribution in [3.05, 3.63) is 24.3 Å². The van der Waals surface area contributed by atoms with Crippen LogP contribution in [0.3, 0.4) is 0 Å². The molecule has 0 fully saturated rings. The van der Waals surface area contributed by atoms with Crippen LogP contribution < -0.4 is 10.1 Å². The highest BCUT2D eigenvalue weighted by molar-refractivity contribution is 8.14. The van der Waals surface area contributed by atoms with Crippen molar-refractivity contribution in [2.24, 2.45) is 10.9 Å². The molecule has 104 valence electrons. The van der Waals surface area contributed by atoms with Crippen molar-refractivity contribution in [1.82, 2.24) is 0 Å². The number of hydrogen-bond donors (Lipinski definition) is 1. The van der Waals surface area contributed by atoms with Crippen molar-refractivity contribution in [3.63, 3.8) is 0 Å². The Morgan fingerprint density at radius 2 is 2.32 bits per heavy atom. The molecule has 19 heavy (non-hydrogen) atoms. The summed E-state index contributed by atoms with van der Waals surface area (Å²) >= 11 is 1.80. The highest BCUT2D eigenvalue weighted by Crippen LogP contribution is 2.25. The van der Waals surface area contributed by atoms with Gasteiger partial charge in [0, 0.05) is 17.5 Å². The molecule has 4 heteroatoms. The summed E-state index contributed by atoms with van der Waals surface area (Å²) in [7, 11) is 0. The number of nitrogens with one attached hydrogen (secondary N) is 1. The first kappa shape index (κ1) is 14.3. The predicted molar refractivity (Wildman–Crippen MR) is 84.4 cm³/mol. The Kier molecular flexibility index (Phi) is 5.14. The Morgan fingerprint density at radius 3 is 3.05 bits per heavy atom. The number of benzene rings is 1. The lowest BCUT2D eigenvalue weighted by Crippen LogP contribution is -2.08. The summed E-state index contributed by atoms with van der Waals surface area (Å²) in [6, 6.07) is 8.49. The fourth-order valence-corrected chi connectivity index (χ4v) is 3.08. The zero-order valence-corrected chi connectivity index (χ0v) is 12.7. The number of rotatable bonds is 5. The predicted octanol–water partition coefficient (Wildman–Crippen LogP) is 4.01. The molecule has 1 heterocycles. The molecular formula is C15H22N2OS. The molecule has 1 aliphatic heterocycles. The minimum Gasteiger partial charge on any atom is -0.494 e. The molecular weight excluding hydrogens is 256 g/mol. The monoisotopic (exact) mass is 278 g/mol. The number of amidine groups is 1. The van der Waals surface area contributed by atoms with E-state index in [9.17, 15) is 0 Å². The Morgan fingerprint density at radius 1 is 1.47 bits per heavy atom. The maximum atomic E-state index is 5.50. The number of hydrogen-bond acceptors (Lipinski definition) is 4. The lowest BCUT2D eigenvalue weighted by molar-refractivity contribution is 0.340. The highest BCUT2D eigenvalue weighted by atomic mass is 32.2. The van der Waals surface area contributed by atoms with Gasteiger partial charge in [-0.25, -0.2) is 0 Å². The molecule has 0 radical (unpaired) electrons. The van der Waals surface area contributed by atoms with Crippen LogP contribution in [0.25, 0.3) is 0 Å². The van der Waals surface area contributed by atoms with Gasteiger partial charge in [-0.05, 0) is 31.4 Å². The summed E-state index contributed by atoms with van der Waals surface area (Å²) in [4.78, 5) is 4.73. The Balaban J connectivity index is 1.96. The minimum absolute atomic E-state index is 0.461. The van der Waals surface area contributed by atoms with Crippen LogP contribution in [0.5, 0.6) is 5.75 Å². The van der Waals surface area contributed by atoms with Crippen molar-refractivity contribution in [2.45, 2.75) is 33.2 Å². The molecule has 0 saturated heterocycles. The van der Waals surface area contributed by atoms with Gasteiger partial charge >= 0.3 is 0 Å². The molecule has 1 unspecified atom stereocenters. The first-order chi connectivity index (χ1) is 9.17. The van der Waals surface area contributed by atoms with E-state index in [1.54, 1.807) is 11.8 Å². The maximum Gasteiger partial charge on any atom is 0.161 e. The van der Waals surface area contributed by atoms with E-state index in [1.165, 1.54) is 0 Å². The molecule has 0 amide bonds. The van der Waals surface area contributed by atoms with Crippen molar-refractivity contribution in [1.29, 1.82) is 0 Å². The smallest absolute Gasteiger partial charge is 0.161 e. The van der Waals surface area contributed by atoms with Gasteiger partial charge in [-0.2, -0.15) is 0 Å². The summed E-state index contributed by atoms with van der Waals surface area (Å²) in [5.74, 6) is 2.69. The SMILES string of the molecule is CCOc1cccc(NC2=NC(CC(C)C)CS2)c1. The van der Waals surface area contributed by atoms with Gasteiger partial charge in [0.05, 0.1) is 12.6 Å². The molecule has 2 rings (SSSR count). The fraction of sp³-hybridized carbons (Fsp3) is 0.533. The number of thioether (sulfide) groups is 1. The summed E-state index contributed by atoms with van der Waals surface area (Å²) < 4.78 is 5.50. The van der Waals surface area contributed by atoms with E-state index in [2.05, 4.69) is 19.2 Å². The van der Waals surface area contributed by atoms with Crippen LogP contribution in [0.1, 0.15) is 27.2 Å². The first-order valence-corrected chi connectivity index (χ1v) is 7.86. The zero-order valence-electron chi connectivity index (χ0n) is 11.8. The van der Waals surface area contributed by atoms with Gasteiger partial charge in [0.2, 0.25) is 0 Å². The topological polar surface area (TPSA) is 33.6 Å². The summed E-state index contributed by atoms with van der Waals surface area (Å²) in [5, 5.41) is 4.40. The summed E-state index contributed by atoms with van der Waals surface area (Å²) in [6.45, 7) is 7.18. The Labute approximate surface area is 119 Å². The summed E-state index contributed by atoms with van der Waals surface area (Å²) in [6.07, 6.45) is 1.16. The Bertz CT molecular complexity index is 446. The third-order valence-electron chi connectivity index (χ3n) is 2.85. The standard InChI is InChI=1S/C15H22N2OS/c1-4-18-14-7-5-6-12(9-14)16-15-17-13(10-19-15)8-11(2)3/h5-7,9,11,13H,4,8,10H2,1-3H3,(H,16,17).